The lowest BCUT2D eigenvalue weighted by molar-refractivity contribution is -0.160. The molecule has 8 nitrogen and oxygen atoms in total. The van der Waals surface area contributed by atoms with Crippen molar-refractivity contribution in [2.45, 2.75) is 50.3 Å². The first-order valence-electron chi connectivity index (χ1n) is 11.8. The van der Waals surface area contributed by atoms with Gasteiger partial charge in [-0.25, -0.2) is 8.42 Å². The highest BCUT2D eigenvalue weighted by Gasteiger charge is 2.38. The Morgan fingerprint density at radius 2 is 1.69 bits per heavy atom. The van der Waals surface area contributed by atoms with Gasteiger partial charge < -0.3 is 14.2 Å². The number of methoxy groups -OCH3 is 1. The monoisotopic (exact) mass is 504 g/mol. The molecule has 9 heteroatoms. The summed E-state index contributed by atoms with van der Waals surface area (Å²) in [4.78, 5) is 15.7. The zero-order chi connectivity index (χ0) is 25.5. The molecule has 1 fully saturated rings. The molecule has 2 aromatic carbocycles. The molecule has 0 aliphatic carbocycles. The third-order valence-corrected chi connectivity index (χ3v) is 7.57. The number of benzene rings is 2. The molecule has 0 radical (unpaired) electrons. The van der Waals surface area contributed by atoms with Crippen LogP contribution >= 0.6 is 0 Å². The third-order valence-electron chi connectivity index (χ3n) is 5.70. The molecule has 1 aliphatic rings. The fourth-order valence-corrected chi connectivity index (χ4v) is 5.48. The van der Waals surface area contributed by atoms with Gasteiger partial charge in [0, 0.05) is 26.2 Å². The van der Waals surface area contributed by atoms with Crippen molar-refractivity contribution < 1.29 is 27.4 Å². The Morgan fingerprint density at radius 3 is 2.26 bits per heavy atom. The van der Waals surface area contributed by atoms with Crippen LogP contribution in [0.15, 0.2) is 59.5 Å². The van der Waals surface area contributed by atoms with Gasteiger partial charge in [0.2, 0.25) is 10.0 Å². The predicted molar refractivity (Wildman–Crippen MR) is 134 cm³/mol. The molecule has 2 aromatic rings. The van der Waals surface area contributed by atoms with E-state index in [0.717, 1.165) is 18.7 Å². The molecule has 0 spiro atoms. The van der Waals surface area contributed by atoms with Gasteiger partial charge in [0.05, 0.1) is 25.2 Å². The molecule has 0 saturated carbocycles. The zero-order valence-corrected chi connectivity index (χ0v) is 21.8. The highest BCUT2D eigenvalue weighted by molar-refractivity contribution is 7.89. The maximum Gasteiger partial charge on any atom is 0.325 e. The fourth-order valence-electron chi connectivity index (χ4n) is 3.89. The fraction of sp³-hybridized carbons (Fsp3) is 0.500. The van der Waals surface area contributed by atoms with E-state index < -0.39 is 27.6 Å². The Balaban J connectivity index is 1.99. The lowest BCUT2D eigenvalue weighted by atomic mass is 10.1. The number of morpholine rings is 1. The molecule has 1 atom stereocenters. The van der Waals surface area contributed by atoms with Crippen LogP contribution in [0.5, 0.6) is 5.75 Å². The van der Waals surface area contributed by atoms with Crippen LogP contribution in [-0.4, -0.2) is 75.2 Å². The number of ether oxygens (including phenoxy) is 3. The average molecular weight is 505 g/mol. The Kier molecular flexibility index (Phi) is 9.29. The summed E-state index contributed by atoms with van der Waals surface area (Å²) in [6.07, 6.45) is 0.303. The van der Waals surface area contributed by atoms with Crippen LogP contribution in [0.1, 0.15) is 32.8 Å². The van der Waals surface area contributed by atoms with Gasteiger partial charge in [0.1, 0.15) is 17.4 Å². The van der Waals surface area contributed by atoms with Crippen molar-refractivity contribution in [3.05, 3.63) is 60.2 Å². The number of rotatable bonds is 10. The number of hydrogen-bond donors (Lipinski definition) is 0. The summed E-state index contributed by atoms with van der Waals surface area (Å²) in [6.45, 7) is 8.66. The molecule has 1 saturated heterocycles. The Hall–Kier alpha value is -2.46. The number of esters is 1. The standard InChI is InChI=1S/C26H36N2O6S/c1-26(2,3)34-25(29)24(14-15-27-16-18-33-19-17-27)28(20-21-8-6-5-7-9-21)35(30,31)23-12-10-22(32-4)11-13-23/h5-13,24H,14-20H2,1-4H3/t24-/m1/s1. The van der Waals surface area contributed by atoms with Crippen LogP contribution in [0.25, 0.3) is 0 Å². The minimum absolute atomic E-state index is 0.0439. The minimum atomic E-state index is -4.04. The highest BCUT2D eigenvalue weighted by Crippen LogP contribution is 2.26. The summed E-state index contributed by atoms with van der Waals surface area (Å²) in [5.74, 6) is -0.00616. The first-order valence-corrected chi connectivity index (χ1v) is 13.3. The first-order chi connectivity index (χ1) is 16.6. The van der Waals surface area contributed by atoms with E-state index in [0.29, 0.717) is 31.9 Å². The molecule has 0 aromatic heterocycles. The maximum atomic E-state index is 13.9. The van der Waals surface area contributed by atoms with Crippen molar-refractivity contribution in [3.8, 4) is 5.75 Å². The molecule has 0 bridgehead atoms. The second-order valence-corrected chi connectivity index (χ2v) is 11.4. The second kappa shape index (κ2) is 12.0. The smallest absolute Gasteiger partial charge is 0.325 e. The SMILES string of the molecule is COc1ccc(S(=O)(=O)N(Cc2ccccc2)[C@H](CCN2CCOCC2)C(=O)OC(C)(C)C)cc1. The predicted octanol–water partition coefficient (Wildman–Crippen LogP) is 3.32. The normalized spacial score (nSPS) is 16.1. The second-order valence-electron chi connectivity index (χ2n) is 9.50. The van der Waals surface area contributed by atoms with E-state index in [1.807, 2.05) is 30.3 Å². The summed E-state index contributed by atoms with van der Waals surface area (Å²) in [6, 6.07) is 14.5. The van der Waals surface area contributed by atoms with E-state index >= 15 is 0 Å². The van der Waals surface area contributed by atoms with Gasteiger partial charge in [-0.05, 0) is 57.0 Å². The van der Waals surface area contributed by atoms with Crippen molar-refractivity contribution in [1.82, 2.24) is 9.21 Å². The van der Waals surface area contributed by atoms with E-state index in [1.165, 1.54) is 23.5 Å². The van der Waals surface area contributed by atoms with E-state index in [4.69, 9.17) is 14.2 Å². The van der Waals surface area contributed by atoms with Gasteiger partial charge in [-0.15, -0.1) is 0 Å². The van der Waals surface area contributed by atoms with Gasteiger partial charge in [-0.3, -0.25) is 9.69 Å². The van der Waals surface area contributed by atoms with Crippen LogP contribution in [0.4, 0.5) is 0 Å². The lowest BCUT2D eigenvalue weighted by Crippen LogP contribution is -2.49. The Labute approximate surface area is 208 Å². The average Bonchev–Trinajstić information content (AvgIpc) is 2.83. The molecule has 1 aliphatic heterocycles. The Morgan fingerprint density at radius 1 is 1.06 bits per heavy atom. The number of hydrogen-bond acceptors (Lipinski definition) is 7. The molecule has 1 heterocycles. The van der Waals surface area contributed by atoms with Crippen molar-refractivity contribution in [2.24, 2.45) is 0 Å². The molecular formula is C26H36N2O6S. The van der Waals surface area contributed by atoms with E-state index in [9.17, 15) is 13.2 Å². The van der Waals surface area contributed by atoms with Gasteiger partial charge in [0.25, 0.3) is 0 Å². The van der Waals surface area contributed by atoms with E-state index in [-0.39, 0.29) is 11.4 Å². The Bertz CT molecular complexity index is 1050. The van der Waals surface area contributed by atoms with Crippen molar-refractivity contribution in [2.75, 3.05) is 40.0 Å². The summed E-state index contributed by atoms with van der Waals surface area (Å²) >= 11 is 0. The summed E-state index contributed by atoms with van der Waals surface area (Å²) in [5.41, 5.74) is 0.0286. The summed E-state index contributed by atoms with van der Waals surface area (Å²) in [5, 5.41) is 0. The molecule has 0 N–H and O–H groups in total. The van der Waals surface area contributed by atoms with E-state index in [2.05, 4.69) is 4.90 Å². The van der Waals surface area contributed by atoms with Crippen LogP contribution in [0.2, 0.25) is 0 Å². The summed E-state index contributed by atoms with van der Waals surface area (Å²) < 4.78 is 45.5. The molecule has 35 heavy (non-hydrogen) atoms. The zero-order valence-electron chi connectivity index (χ0n) is 21.0. The van der Waals surface area contributed by atoms with Crippen LogP contribution in [0, 0.1) is 0 Å². The number of nitrogens with zero attached hydrogens (tertiary/aromatic N) is 2. The molecular weight excluding hydrogens is 468 g/mol. The number of carbonyl (C=O) groups excluding carboxylic acids is 1. The van der Waals surface area contributed by atoms with Gasteiger partial charge in [-0.1, -0.05) is 30.3 Å². The number of carbonyl (C=O) groups is 1. The third kappa shape index (κ3) is 7.76. The lowest BCUT2D eigenvalue weighted by Gasteiger charge is -2.34. The number of sulfonamides is 1. The van der Waals surface area contributed by atoms with Gasteiger partial charge in [0.15, 0.2) is 0 Å². The topological polar surface area (TPSA) is 85.4 Å². The van der Waals surface area contributed by atoms with Crippen molar-refractivity contribution in [1.29, 1.82) is 0 Å². The van der Waals surface area contributed by atoms with Gasteiger partial charge in [-0.2, -0.15) is 4.31 Å². The summed E-state index contributed by atoms with van der Waals surface area (Å²) in [7, 11) is -2.52. The van der Waals surface area contributed by atoms with Crippen LogP contribution in [0.3, 0.4) is 0 Å². The quantitative estimate of drug-likeness (QED) is 0.459. The molecule has 0 amide bonds. The minimum Gasteiger partial charge on any atom is -0.497 e. The van der Waals surface area contributed by atoms with Crippen LogP contribution in [-0.2, 0) is 30.8 Å². The highest BCUT2D eigenvalue weighted by atomic mass is 32.2. The van der Waals surface area contributed by atoms with Gasteiger partial charge >= 0.3 is 5.97 Å². The molecule has 192 valence electrons. The largest absolute Gasteiger partial charge is 0.497 e. The van der Waals surface area contributed by atoms with Crippen molar-refractivity contribution >= 4 is 16.0 Å². The van der Waals surface area contributed by atoms with Crippen LogP contribution < -0.4 is 4.74 Å². The first kappa shape index (κ1) is 27.1. The molecule has 0 unspecified atom stereocenters. The maximum absolute atomic E-state index is 13.9. The van der Waals surface area contributed by atoms with E-state index in [1.54, 1.807) is 32.9 Å². The van der Waals surface area contributed by atoms with Crippen molar-refractivity contribution in [3.63, 3.8) is 0 Å². The molecule has 3 rings (SSSR count).